The first kappa shape index (κ1) is 15.5. The topological polar surface area (TPSA) is 58.6 Å². The number of cyclic esters (lactones) is 1. The lowest BCUT2D eigenvalue weighted by molar-refractivity contribution is -0.120. The molecule has 0 aliphatic carbocycles. The lowest BCUT2D eigenvalue weighted by atomic mass is 10.1. The molecule has 1 aliphatic heterocycles. The van der Waals surface area contributed by atoms with E-state index in [9.17, 15) is 14.0 Å². The highest BCUT2D eigenvalue weighted by Crippen LogP contribution is 2.26. The number of ether oxygens (including phenoxy) is 1. The summed E-state index contributed by atoms with van der Waals surface area (Å²) in [6, 6.07) is 9.50. The second-order valence-electron chi connectivity index (χ2n) is 5.17. The first-order chi connectivity index (χ1) is 11.1. The minimum Gasteiger partial charge on any atom is -0.442 e. The summed E-state index contributed by atoms with van der Waals surface area (Å²) in [5, 5.41) is 5.46. The van der Waals surface area contributed by atoms with Crippen LogP contribution in [-0.2, 0) is 16.0 Å². The molecule has 1 aromatic heterocycles. The molecule has 1 atom stereocenters. The van der Waals surface area contributed by atoms with Crippen LogP contribution in [0.15, 0.2) is 41.8 Å². The van der Waals surface area contributed by atoms with E-state index in [1.165, 1.54) is 23.5 Å². The van der Waals surface area contributed by atoms with E-state index in [1.54, 1.807) is 17.0 Å². The number of thiophene rings is 1. The van der Waals surface area contributed by atoms with E-state index in [-0.39, 0.29) is 30.8 Å². The van der Waals surface area contributed by atoms with Crippen LogP contribution >= 0.6 is 11.3 Å². The second-order valence-corrected chi connectivity index (χ2v) is 6.10. The molecule has 5 nitrogen and oxygen atoms in total. The Labute approximate surface area is 136 Å². The van der Waals surface area contributed by atoms with Gasteiger partial charge in [-0.15, -0.1) is 11.3 Å². The Morgan fingerprint density at radius 2 is 2.13 bits per heavy atom. The van der Waals surface area contributed by atoms with Crippen LogP contribution in [0.25, 0.3) is 0 Å². The molecule has 0 radical (unpaired) electrons. The Morgan fingerprint density at radius 3 is 2.83 bits per heavy atom. The quantitative estimate of drug-likeness (QED) is 0.914. The summed E-state index contributed by atoms with van der Waals surface area (Å²) < 4.78 is 18.1. The van der Waals surface area contributed by atoms with Crippen LogP contribution in [0.1, 0.15) is 5.56 Å². The average molecular weight is 334 g/mol. The summed E-state index contributed by atoms with van der Waals surface area (Å²) >= 11 is 1.46. The molecule has 0 bridgehead atoms. The number of carbonyl (C=O) groups is 2. The summed E-state index contributed by atoms with van der Waals surface area (Å²) in [6.07, 6.45) is -0.609. The highest BCUT2D eigenvalue weighted by molar-refractivity contribution is 7.14. The number of anilines is 1. The van der Waals surface area contributed by atoms with Gasteiger partial charge in [0.05, 0.1) is 19.5 Å². The summed E-state index contributed by atoms with van der Waals surface area (Å²) in [6.45, 7) is 0.670. The number of halogens is 1. The Bertz CT molecular complexity index is 688. The molecule has 0 saturated carbocycles. The van der Waals surface area contributed by atoms with Gasteiger partial charge in [0, 0.05) is 0 Å². The number of carbonyl (C=O) groups excluding carboxylic acids is 2. The van der Waals surface area contributed by atoms with Crippen molar-refractivity contribution in [2.45, 2.75) is 12.5 Å². The van der Waals surface area contributed by atoms with Gasteiger partial charge in [-0.05, 0) is 35.2 Å². The number of nitrogens with one attached hydrogen (secondary N) is 1. The lowest BCUT2D eigenvalue weighted by Gasteiger charge is -2.11. The van der Waals surface area contributed by atoms with Gasteiger partial charge in [0.15, 0.2) is 0 Å². The zero-order valence-electron chi connectivity index (χ0n) is 12.2. The van der Waals surface area contributed by atoms with Gasteiger partial charge in [-0.3, -0.25) is 9.69 Å². The van der Waals surface area contributed by atoms with E-state index < -0.39 is 6.09 Å². The van der Waals surface area contributed by atoms with Crippen molar-refractivity contribution < 1.29 is 18.7 Å². The molecule has 2 heterocycles. The van der Waals surface area contributed by atoms with Gasteiger partial charge < -0.3 is 10.1 Å². The highest BCUT2D eigenvalue weighted by atomic mass is 32.1. The Kier molecular flexibility index (Phi) is 4.57. The van der Waals surface area contributed by atoms with E-state index in [0.717, 1.165) is 10.6 Å². The molecule has 1 N–H and O–H groups in total. The van der Waals surface area contributed by atoms with Crippen molar-refractivity contribution in [1.82, 2.24) is 5.32 Å². The summed E-state index contributed by atoms with van der Waals surface area (Å²) in [5.41, 5.74) is 0.729. The maximum Gasteiger partial charge on any atom is 0.415 e. The van der Waals surface area contributed by atoms with Gasteiger partial charge in [-0.1, -0.05) is 12.1 Å². The van der Waals surface area contributed by atoms with E-state index >= 15 is 0 Å². The number of hydrogen-bond donors (Lipinski definition) is 1. The average Bonchev–Trinajstić information content (AvgIpc) is 3.17. The van der Waals surface area contributed by atoms with Crippen LogP contribution in [-0.4, -0.2) is 31.2 Å². The molecule has 7 heteroatoms. The van der Waals surface area contributed by atoms with Crippen molar-refractivity contribution in [3.05, 3.63) is 53.2 Å². The Morgan fingerprint density at radius 1 is 1.35 bits per heavy atom. The van der Waals surface area contributed by atoms with Gasteiger partial charge in [-0.25, -0.2) is 9.18 Å². The second kappa shape index (κ2) is 6.78. The molecule has 120 valence electrons. The Balaban J connectivity index is 1.48. The summed E-state index contributed by atoms with van der Waals surface area (Å²) in [5.74, 6) is -0.525. The molecule has 3 rings (SSSR count). The van der Waals surface area contributed by atoms with E-state index in [2.05, 4.69) is 5.32 Å². The predicted octanol–water partition coefficient (Wildman–Crippen LogP) is 2.57. The zero-order valence-corrected chi connectivity index (χ0v) is 13.0. The maximum atomic E-state index is 12.8. The van der Waals surface area contributed by atoms with Gasteiger partial charge in [0.25, 0.3) is 0 Å². The third kappa shape index (κ3) is 3.87. The lowest BCUT2D eigenvalue weighted by Crippen LogP contribution is -2.35. The smallest absolute Gasteiger partial charge is 0.415 e. The maximum absolute atomic E-state index is 12.8. The molecule has 23 heavy (non-hydrogen) atoms. The number of amides is 2. The largest absolute Gasteiger partial charge is 0.442 e. The first-order valence-corrected chi connectivity index (χ1v) is 8.02. The predicted molar refractivity (Wildman–Crippen MR) is 85.0 cm³/mol. The fourth-order valence-corrected chi connectivity index (χ4v) is 3.04. The van der Waals surface area contributed by atoms with Crippen LogP contribution in [0.3, 0.4) is 0 Å². The minimum absolute atomic E-state index is 0.162. The summed E-state index contributed by atoms with van der Waals surface area (Å²) in [4.78, 5) is 25.3. The molecule has 1 aliphatic rings. The molecule has 0 spiro atoms. The molecule has 2 amide bonds. The molecular weight excluding hydrogens is 319 g/mol. The van der Waals surface area contributed by atoms with Crippen molar-refractivity contribution in [3.8, 4) is 0 Å². The molecule has 1 saturated heterocycles. The van der Waals surface area contributed by atoms with E-state index in [0.29, 0.717) is 6.54 Å². The van der Waals surface area contributed by atoms with Crippen molar-refractivity contribution in [1.29, 1.82) is 0 Å². The monoisotopic (exact) mass is 334 g/mol. The van der Waals surface area contributed by atoms with Crippen LogP contribution in [0.2, 0.25) is 0 Å². The molecule has 1 unspecified atom stereocenters. The van der Waals surface area contributed by atoms with Crippen molar-refractivity contribution in [3.63, 3.8) is 0 Å². The van der Waals surface area contributed by atoms with Crippen LogP contribution in [0, 0.1) is 5.82 Å². The summed E-state index contributed by atoms with van der Waals surface area (Å²) in [7, 11) is 0. The van der Waals surface area contributed by atoms with E-state index in [1.807, 2.05) is 17.5 Å². The van der Waals surface area contributed by atoms with Gasteiger partial charge in [-0.2, -0.15) is 0 Å². The fourth-order valence-electron chi connectivity index (χ4n) is 2.31. The third-order valence-electron chi connectivity index (χ3n) is 3.45. The SMILES string of the molecule is O=C(Cc1ccc(F)cc1)NCC1CN(c2cccs2)C(=O)O1. The van der Waals surface area contributed by atoms with Gasteiger partial charge in [0.2, 0.25) is 5.91 Å². The van der Waals surface area contributed by atoms with Gasteiger partial charge in [0.1, 0.15) is 16.9 Å². The highest BCUT2D eigenvalue weighted by Gasteiger charge is 2.32. The number of hydrogen-bond acceptors (Lipinski definition) is 4. The number of nitrogens with zero attached hydrogens (tertiary/aromatic N) is 1. The van der Waals surface area contributed by atoms with Crippen LogP contribution < -0.4 is 10.2 Å². The van der Waals surface area contributed by atoms with Crippen LogP contribution in [0.4, 0.5) is 14.2 Å². The van der Waals surface area contributed by atoms with Gasteiger partial charge >= 0.3 is 6.09 Å². The standard InChI is InChI=1S/C16H15FN2O3S/c17-12-5-3-11(4-6-12)8-14(20)18-9-13-10-19(16(21)22-13)15-2-1-7-23-15/h1-7,13H,8-10H2,(H,18,20). The van der Waals surface area contributed by atoms with Crippen molar-refractivity contribution in [2.24, 2.45) is 0 Å². The third-order valence-corrected chi connectivity index (χ3v) is 4.34. The number of rotatable bonds is 5. The van der Waals surface area contributed by atoms with E-state index in [4.69, 9.17) is 4.74 Å². The van der Waals surface area contributed by atoms with Crippen LogP contribution in [0.5, 0.6) is 0 Å². The normalized spacial score (nSPS) is 17.2. The molecule has 2 aromatic rings. The first-order valence-electron chi connectivity index (χ1n) is 7.14. The molecule has 1 fully saturated rings. The van der Waals surface area contributed by atoms with Crippen molar-refractivity contribution in [2.75, 3.05) is 18.0 Å². The zero-order chi connectivity index (χ0) is 16.2. The number of benzene rings is 1. The Hall–Kier alpha value is -2.41. The minimum atomic E-state index is -0.398. The molecular formula is C16H15FN2O3S. The molecule has 1 aromatic carbocycles. The van der Waals surface area contributed by atoms with Crippen molar-refractivity contribution >= 4 is 28.3 Å². The fraction of sp³-hybridized carbons (Fsp3) is 0.250.